The van der Waals surface area contributed by atoms with Crippen LogP contribution in [-0.4, -0.2) is 21.6 Å². The van der Waals surface area contributed by atoms with Gasteiger partial charge in [0.1, 0.15) is 10.6 Å². The molecule has 96 valence electrons. The van der Waals surface area contributed by atoms with Gasteiger partial charge in [0.2, 0.25) is 10.0 Å². The Balaban J connectivity index is 3.18. The van der Waals surface area contributed by atoms with Gasteiger partial charge in [0, 0.05) is 10.5 Å². The molecule has 0 saturated heterocycles. The number of ether oxygens (including phenoxy) is 1. The van der Waals surface area contributed by atoms with E-state index >= 15 is 0 Å². The maximum absolute atomic E-state index is 12.1. The topological polar surface area (TPSA) is 55.4 Å². The monoisotopic (exact) mass is 321 g/mol. The number of methoxy groups -OCH3 is 1. The molecule has 0 saturated carbocycles. The molecular weight excluding hydrogens is 306 g/mol. The Labute approximate surface area is 111 Å². The molecule has 1 aromatic carbocycles. The summed E-state index contributed by atoms with van der Waals surface area (Å²) in [5, 5.41) is 0. The van der Waals surface area contributed by atoms with Crippen LogP contribution in [0.2, 0.25) is 0 Å². The molecule has 1 aromatic rings. The molecule has 0 radical (unpaired) electrons. The minimum atomic E-state index is -3.54. The van der Waals surface area contributed by atoms with Crippen LogP contribution in [0, 0.1) is 0 Å². The number of halogens is 1. The molecule has 0 aliphatic rings. The molecule has 1 rings (SSSR count). The molecule has 0 bridgehead atoms. The number of rotatable bonds is 5. The lowest BCUT2D eigenvalue weighted by Crippen LogP contribution is -2.32. The molecule has 4 nitrogen and oxygen atoms in total. The van der Waals surface area contributed by atoms with Gasteiger partial charge in [0.15, 0.2) is 0 Å². The highest BCUT2D eigenvalue weighted by Crippen LogP contribution is 2.27. The average Bonchev–Trinajstić information content (AvgIpc) is 2.28. The van der Waals surface area contributed by atoms with Crippen LogP contribution in [0.3, 0.4) is 0 Å². The largest absolute Gasteiger partial charge is 0.495 e. The third-order valence-corrected chi connectivity index (χ3v) is 4.49. The van der Waals surface area contributed by atoms with Crippen molar-refractivity contribution in [2.75, 3.05) is 7.11 Å². The summed E-state index contributed by atoms with van der Waals surface area (Å²) in [6.45, 7) is 3.74. The average molecular weight is 322 g/mol. The lowest BCUT2D eigenvalue weighted by molar-refractivity contribution is 0.402. The first-order valence-corrected chi connectivity index (χ1v) is 7.54. The molecule has 0 aliphatic heterocycles. The lowest BCUT2D eigenvalue weighted by atomic mass is 10.3. The van der Waals surface area contributed by atoms with Crippen molar-refractivity contribution < 1.29 is 13.2 Å². The van der Waals surface area contributed by atoms with Crippen LogP contribution >= 0.6 is 15.9 Å². The normalized spacial score (nSPS) is 13.4. The quantitative estimate of drug-likeness (QED) is 0.906. The van der Waals surface area contributed by atoms with E-state index in [0.29, 0.717) is 10.2 Å². The first-order chi connectivity index (χ1) is 7.90. The zero-order valence-corrected chi connectivity index (χ0v) is 12.4. The van der Waals surface area contributed by atoms with Crippen LogP contribution in [-0.2, 0) is 10.0 Å². The Morgan fingerprint density at radius 2 is 2.12 bits per heavy atom. The summed E-state index contributed by atoms with van der Waals surface area (Å²) < 4.78 is 32.6. The maximum atomic E-state index is 12.1. The predicted octanol–water partition coefficient (Wildman–Crippen LogP) is 2.53. The molecular formula is C11H16BrNO3S. The highest BCUT2D eigenvalue weighted by Gasteiger charge is 2.21. The van der Waals surface area contributed by atoms with Gasteiger partial charge in [-0.1, -0.05) is 22.9 Å². The van der Waals surface area contributed by atoms with Crippen molar-refractivity contribution in [1.82, 2.24) is 4.72 Å². The Hall–Kier alpha value is -0.590. The standard InChI is InChI=1S/C11H16BrNO3S/c1-4-8(2)13-17(14,15)11-7-9(12)5-6-10(11)16-3/h5-8,13H,4H2,1-3H3/t8-/m1/s1. The molecule has 6 heteroatoms. The van der Waals surface area contributed by atoms with E-state index in [1.807, 2.05) is 13.8 Å². The van der Waals surface area contributed by atoms with Gasteiger partial charge in [0.25, 0.3) is 0 Å². The molecule has 17 heavy (non-hydrogen) atoms. The number of hydrogen-bond donors (Lipinski definition) is 1. The Bertz CT molecular complexity index is 487. The summed E-state index contributed by atoms with van der Waals surface area (Å²) in [7, 11) is -2.09. The summed E-state index contributed by atoms with van der Waals surface area (Å²) in [4.78, 5) is 0.148. The van der Waals surface area contributed by atoms with E-state index in [9.17, 15) is 8.42 Å². The third-order valence-electron chi connectivity index (χ3n) is 2.38. The molecule has 0 unspecified atom stereocenters. The summed E-state index contributed by atoms with van der Waals surface area (Å²) in [5.41, 5.74) is 0. The van der Waals surface area contributed by atoms with Crippen LogP contribution in [0.25, 0.3) is 0 Å². The first-order valence-electron chi connectivity index (χ1n) is 5.26. The molecule has 0 aromatic heterocycles. The van der Waals surface area contributed by atoms with Gasteiger partial charge < -0.3 is 4.74 Å². The molecule has 0 amide bonds. The smallest absolute Gasteiger partial charge is 0.244 e. The number of hydrogen-bond acceptors (Lipinski definition) is 3. The van der Waals surface area contributed by atoms with Crippen molar-refractivity contribution in [2.45, 2.75) is 31.2 Å². The third kappa shape index (κ3) is 3.69. The van der Waals surface area contributed by atoms with Crippen molar-refractivity contribution >= 4 is 26.0 Å². The fourth-order valence-corrected chi connectivity index (χ4v) is 3.31. The van der Waals surface area contributed by atoms with Gasteiger partial charge in [-0.2, -0.15) is 0 Å². The minimum absolute atomic E-state index is 0.108. The highest BCUT2D eigenvalue weighted by atomic mass is 79.9. The van der Waals surface area contributed by atoms with E-state index in [-0.39, 0.29) is 10.9 Å². The molecule has 0 spiro atoms. The van der Waals surface area contributed by atoms with Gasteiger partial charge in [-0.3, -0.25) is 0 Å². The van der Waals surface area contributed by atoms with Crippen molar-refractivity contribution in [3.05, 3.63) is 22.7 Å². The fraction of sp³-hybridized carbons (Fsp3) is 0.455. The van der Waals surface area contributed by atoms with E-state index in [1.54, 1.807) is 12.1 Å². The van der Waals surface area contributed by atoms with Crippen LogP contribution in [0.15, 0.2) is 27.6 Å². The second-order valence-electron chi connectivity index (χ2n) is 3.73. The second-order valence-corrected chi connectivity index (χ2v) is 6.32. The van der Waals surface area contributed by atoms with Crippen molar-refractivity contribution in [3.8, 4) is 5.75 Å². The van der Waals surface area contributed by atoms with Crippen molar-refractivity contribution in [3.63, 3.8) is 0 Å². The van der Waals surface area contributed by atoms with Gasteiger partial charge in [-0.25, -0.2) is 13.1 Å². The van der Waals surface area contributed by atoms with E-state index in [1.165, 1.54) is 13.2 Å². The number of sulfonamides is 1. The summed E-state index contributed by atoms with van der Waals surface area (Å²) >= 11 is 3.25. The Morgan fingerprint density at radius 3 is 2.65 bits per heavy atom. The van der Waals surface area contributed by atoms with Gasteiger partial charge in [-0.15, -0.1) is 0 Å². The van der Waals surface area contributed by atoms with Crippen LogP contribution < -0.4 is 9.46 Å². The minimum Gasteiger partial charge on any atom is -0.495 e. The fourth-order valence-electron chi connectivity index (χ4n) is 1.27. The maximum Gasteiger partial charge on any atom is 0.244 e. The van der Waals surface area contributed by atoms with Crippen LogP contribution in [0.5, 0.6) is 5.75 Å². The second kappa shape index (κ2) is 5.84. The van der Waals surface area contributed by atoms with Crippen molar-refractivity contribution in [1.29, 1.82) is 0 Å². The first kappa shape index (κ1) is 14.5. The van der Waals surface area contributed by atoms with E-state index < -0.39 is 10.0 Å². The van der Waals surface area contributed by atoms with Crippen LogP contribution in [0.1, 0.15) is 20.3 Å². The number of nitrogens with one attached hydrogen (secondary N) is 1. The van der Waals surface area contributed by atoms with Gasteiger partial charge >= 0.3 is 0 Å². The van der Waals surface area contributed by atoms with Gasteiger partial charge in [0.05, 0.1) is 7.11 Å². The summed E-state index contributed by atoms with van der Waals surface area (Å²) in [5.74, 6) is 0.337. The molecule has 0 heterocycles. The zero-order chi connectivity index (χ0) is 13.1. The SMILES string of the molecule is CC[C@@H](C)NS(=O)(=O)c1cc(Br)ccc1OC. The molecule has 1 atom stereocenters. The summed E-state index contributed by atoms with van der Waals surface area (Å²) in [6.07, 6.45) is 0.732. The Morgan fingerprint density at radius 1 is 1.47 bits per heavy atom. The lowest BCUT2D eigenvalue weighted by Gasteiger charge is -2.14. The van der Waals surface area contributed by atoms with E-state index in [4.69, 9.17) is 4.74 Å². The van der Waals surface area contributed by atoms with Crippen molar-refractivity contribution in [2.24, 2.45) is 0 Å². The van der Waals surface area contributed by atoms with Gasteiger partial charge in [-0.05, 0) is 31.5 Å². The highest BCUT2D eigenvalue weighted by molar-refractivity contribution is 9.10. The molecule has 0 fully saturated rings. The van der Waals surface area contributed by atoms with E-state index in [2.05, 4.69) is 20.7 Å². The Kier molecular flexibility index (Phi) is 4.97. The van der Waals surface area contributed by atoms with E-state index in [0.717, 1.165) is 6.42 Å². The predicted molar refractivity (Wildman–Crippen MR) is 70.8 cm³/mol. The molecule has 1 N–H and O–H groups in total. The summed E-state index contributed by atoms with van der Waals surface area (Å²) in [6, 6.07) is 4.78. The molecule has 0 aliphatic carbocycles. The number of benzene rings is 1. The zero-order valence-electron chi connectivity index (χ0n) is 10.0. The van der Waals surface area contributed by atoms with Crippen LogP contribution in [0.4, 0.5) is 0 Å².